The van der Waals surface area contributed by atoms with Gasteiger partial charge in [-0.15, -0.1) is 0 Å². The van der Waals surface area contributed by atoms with E-state index in [-0.39, 0.29) is 17.7 Å². The van der Waals surface area contributed by atoms with Crippen molar-refractivity contribution in [2.75, 3.05) is 41.5 Å². The quantitative estimate of drug-likeness (QED) is 0.456. The third-order valence-corrected chi connectivity index (χ3v) is 4.43. The van der Waals surface area contributed by atoms with E-state index in [0.717, 1.165) is 5.56 Å². The molecule has 1 atom stereocenters. The van der Waals surface area contributed by atoms with Gasteiger partial charge in [-0.2, -0.15) is 0 Å². The summed E-state index contributed by atoms with van der Waals surface area (Å²) in [6.07, 6.45) is 0.403. The van der Waals surface area contributed by atoms with Crippen molar-refractivity contribution in [3.63, 3.8) is 0 Å². The fraction of sp³-hybridized carbons (Fsp3) is 0.409. The maximum Gasteiger partial charge on any atom is 0.191 e. The SMILES string of the molecule is CN=C(NCCc1c(OC)cc(OC)cc1OC)NCC(C)Oc1ccccc1F. The minimum absolute atomic E-state index is 0.230. The monoisotopic (exact) mass is 419 g/mol. The standard InChI is InChI=1S/C22H30FN3O4/c1-15(30-19-9-7-6-8-18(19)23)14-26-22(24-2)25-11-10-17-20(28-4)12-16(27-3)13-21(17)29-5/h6-9,12-13,15H,10-11,14H2,1-5H3,(H2,24,25,26). The number of methoxy groups -OCH3 is 3. The van der Waals surface area contributed by atoms with Gasteiger partial charge in [0, 0.05) is 31.3 Å². The molecule has 0 bridgehead atoms. The lowest BCUT2D eigenvalue weighted by molar-refractivity contribution is 0.214. The Hall–Kier alpha value is -3.16. The van der Waals surface area contributed by atoms with Gasteiger partial charge < -0.3 is 29.6 Å². The number of halogens is 1. The van der Waals surface area contributed by atoms with Crippen LogP contribution >= 0.6 is 0 Å². The van der Waals surface area contributed by atoms with E-state index >= 15 is 0 Å². The Morgan fingerprint density at radius 3 is 2.23 bits per heavy atom. The molecule has 1 unspecified atom stereocenters. The lowest BCUT2D eigenvalue weighted by atomic mass is 10.1. The zero-order chi connectivity index (χ0) is 21.9. The molecule has 2 N–H and O–H groups in total. The van der Waals surface area contributed by atoms with E-state index in [0.29, 0.717) is 42.7 Å². The molecule has 0 radical (unpaired) electrons. The van der Waals surface area contributed by atoms with E-state index in [1.807, 2.05) is 19.1 Å². The molecule has 0 fully saturated rings. The molecule has 0 aliphatic rings. The number of hydrogen-bond donors (Lipinski definition) is 2. The van der Waals surface area contributed by atoms with Crippen molar-refractivity contribution in [1.29, 1.82) is 0 Å². The first-order chi connectivity index (χ1) is 14.5. The van der Waals surface area contributed by atoms with Crippen LogP contribution in [0.4, 0.5) is 4.39 Å². The maximum atomic E-state index is 13.7. The number of ether oxygens (including phenoxy) is 4. The van der Waals surface area contributed by atoms with E-state index in [1.165, 1.54) is 6.07 Å². The summed E-state index contributed by atoms with van der Waals surface area (Å²) < 4.78 is 35.6. The molecule has 164 valence electrons. The van der Waals surface area contributed by atoms with E-state index in [1.54, 1.807) is 46.6 Å². The number of hydrogen-bond acceptors (Lipinski definition) is 5. The zero-order valence-corrected chi connectivity index (χ0v) is 18.1. The lowest BCUT2D eigenvalue weighted by Gasteiger charge is -2.19. The Kier molecular flexibility index (Phi) is 9.05. The third kappa shape index (κ3) is 6.43. The van der Waals surface area contributed by atoms with Gasteiger partial charge in [0.1, 0.15) is 23.4 Å². The van der Waals surface area contributed by atoms with Gasteiger partial charge in [-0.25, -0.2) is 4.39 Å². The van der Waals surface area contributed by atoms with Crippen LogP contribution in [0.5, 0.6) is 23.0 Å². The first kappa shape index (κ1) is 23.1. The normalized spacial score (nSPS) is 12.1. The number of guanidine groups is 1. The van der Waals surface area contributed by atoms with Crippen LogP contribution in [0.3, 0.4) is 0 Å². The second kappa shape index (κ2) is 11.7. The van der Waals surface area contributed by atoms with Crippen LogP contribution in [0.2, 0.25) is 0 Å². The van der Waals surface area contributed by atoms with Crippen molar-refractivity contribution in [1.82, 2.24) is 10.6 Å². The molecule has 0 aliphatic carbocycles. The predicted molar refractivity (Wildman–Crippen MR) is 116 cm³/mol. The summed E-state index contributed by atoms with van der Waals surface area (Å²) in [6.45, 7) is 2.92. The van der Waals surface area contributed by atoms with Gasteiger partial charge in [0.05, 0.1) is 27.9 Å². The summed E-state index contributed by atoms with van der Waals surface area (Å²) >= 11 is 0. The van der Waals surface area contributed by atoms with Crippen LogP contribution in [0, 0.1) is 5.82 Å². The summed E-state index contributed by atoms with van der Waals surface area (Å²) in [5, 5.41) is 6.43. The van der Waals surface area contributed by atoms with E-state index in [4.69, 9.17) is 18.9 Å². The Morgan fingerprint density at radius 2 is 1.67 bits per heavy atom. The van der Waals surface area contributed by atoms with Gasteiger partial charge in [-0.1, -0.05) is 12.1 Å². The number of aliphatic imine (C=N–C) groups is 1. The zero-order valence-electron chi connectivity index (χ0n) is 18.1. The highest BCUT2D eigenvalue weighted by molar-refractivity contribution is 5.79. The highest BCUT2D eigenvalue weighted by atomic mass is 19.1. The largest absolute Gasteiger partial charge is 0.496 e. The molecule has 0 aliphatic heterocycles. The van der Waals surface area contributed by atoms with Gasteiger partial charge in [0.2, 0.25) is 0 Å². The van der Waals surface area contributed by atoms with Crippen LogP contribution in [0.25, 0.3) is 0 Å². The van der Waals surface area contributed by atoms with Crippen LogP contribution in [-0.4, -0.2) is 53.5 Å². The van der Waals surface area contributed by atoms with Crippen LogP contribution in [0.1, 0.15) is 12.5 Å². The number of rotatable bonds is 10. The van der Waals surface area contributed by atoms with Crippen LogP contribution in [-0.2, 0) is 6.42 Å². The van der Waals surface area contributed by atoms with Gasteiger partial charge in [0.15, 0.2) is 17.5 Å². The summed E-state index contributed by atoms with van der Waals surface area (Å²) in [5.74, 6) is 2.53. The Balaban J connectivity index is 1.88. The summed E-state index contributed by atoms with van der Waals surface area (Å²) in [6, 6.07) is 10.00. The third-order valence-electron chi connectivity index (χ3n) is 4.43. The molecule has 0 heterocycles. The molecule has 0 saturated heterocycles. The highest BCUT2D eigenvalue weighted by Gasteiger charge is 2.14. The first-order valence-corrected chi connectivity index (χ1v) is 9.67. The molecule has 7 nitrogen and oxygen atoms in total. The molecule has 2 aromatic carbocycles. The predicted octanol–water partition coefficient (Wildman–Crippen LogP) is 3.03. The number of para-hydroxylation sites is 1. The summed E-state index contributed by atoms with van der Waals surface area (Å²) in [7, 11) is 6.51. The Morgan fingerprint density at radius 1 is 1.00 bits per heavy atom. The van der Waals surface area contributed by atoms with Gasteiger partial charge >= 0.3 is 0 Å². The summed E-state index contributed by atoms with van der Waals surface area (Å²) in [5.41, 5.74) is 0.931. The van der Waals surface area contributed by atoms with Crippen molar-refractivity contribution >= 4 is 5.96 Å². The Labute approximate surface area is 177 Å². The van der Waals surface area contributed by atoms with Crippen molar-refractivity contribution < 1.29 is 23.3 Å². The second-order valence-corrected chi connectivity index (χ2v) is 6.50. The fourth-order valence-electron chi connectivity index (χ4n) is 2.89. The number of benzene rings is 2. The molecule has 0 spiro atoms. The molecule has 2 aromatic rings. The lowest BCUT2D eigenvalue weighted by Crippen LogP contribution is -2.42. The van der Waals surface area contributed by atoms with Crippen molar-refractivity contribution in [3.8, 4) is 23.0 Å². The van der Waals surface area contributed by atoms with E-state index in [9.17, 15) is 4.39 Å². The van der Waals surface area contributed by atoms with Crippen LogP contribution < -0.4 is 29.6 Å². The summed E-state index contributed by atoms with van der Waals surface area (Å²) in [4.78, 5) is 4.21. The van der Waals surface area contributed by atoms with Gasteiger partial charge in [-0.05, 0) is 25.5 Å². The molecule has 8 heteroatoms. The molecule has 2 rings (SSSR count). The highest BCUT2D eigenvalue weighted by Crippen LogP contribution is 2.34. The minimum atomic E-state index is -0.380. The first-order valence-electron chi connectivity index (χ1n) is 9.67. The maximum absolute atomic E-state index is 13.7. The minimum Gasteiger partial charge on any atom is -0.496 e. The van der Waals surface area contributed by atoms with Gasteiger partial charge in [-0.3, -0.25) is 4.99 Å². The fourth-order valence-corrected chi connectivity index (χ4v) is 2.89. The second-order valence-electron chi connectivity index (χ2n) is 6.50. The molecule has 0 saturated carbocycles. The van der Waals surface area contributed by atoms with Crippen molar-refractivity contribution in [2.24, 2.45) is 4.99 Å². The number of nitrogens with one attached hydrogen (secondary N) is 2. The molecule has 0 aromatic heterocycles. The van der Waals surface area contributed by atoms with Crippen molar-refractivity contribution in [3.05, 3.63) is 47.8 Å². The molecule has 30 heavy (non-hydrogen) atoms. The molecular weight excluding hydrogens is 389 g/mol. The molecule has 0 amide bonds. The average molecular weight is 419 g/mol. The van der Waals surface area contributed by atoms with E-state index in [2.05, 4.69) is 15.6 Å². The van der Waals surface area contributed by atoms with Crippen molar-refractivity contribution in [2.45, 2.75) is 19.4 Å². The smallest absolute Gasteiger partial charge is 0.191 e. The topological polar surface area (TPSA) is 73.3 Å². The molecular formula is C22H30FN3O4. The van der Waals surface area contributed by atoms with E-state index < -0.39 is 0 Å². The number of nitrogens with zero attached hydrogens (tertiary/aromatic N) is 1. The van der Waals surface area contributed by atoms with Crippen LogP contribution in [0.15, 0.2) is 41.4 Å². The Bertz CT molecular complexity index is 820. The van der Waals surface area contributed by atoms with Gasteiger partial charge in [0.25, 0.3) is 0 Å². The average Bonchev–Trinajstić information content (AvgIpc) is 2.77.